The number of aryl methyl sites for hydroxylation is 1. The third-order valence-electron chi connectivity index (χ3n) is 6.12. The van der Waals surface area contributed by atoms with Crippen LogP contribution in [0.1, 0.15) is 35.4 Å². The first-order chi connectivity index (χ1) is 19.3. The maximum atomic E-state index is 12.6. The van der Waals surface area contributed by atoms with Crippen LogP contribution in [0.4, 0.5) is 17.1 Å². The van der Waals surface area contributed by atoms with E-state index in [9.17, 15) is 10.1 Å². The van der Waals surface area contributed by atoms with Gasteiger partial charge in [-0.25, -0.2) is 4.98 Å². The van der Waals surface area contributed by atoms with Gasteiger partial charge in [0.2, 0.25) is 5.91 Å². The number of ether oxygens (including phenoxy) is 1. The molecule has 2 aromatic heterocycles. The lowest BCUT2D eigenvalue weighted by Gasteiger charge is -2.16. The summed E-state index contributed by atoms with van der Waals surface area (Å²) in [4.78, 5) is 23.3. The van der Waals surface area contributed by atoms with Crippen molar-refractivity contribution in [2.45, 2.75) is 26.4 Å². The van der Waals surface area contributed by atoms with E-state index in [1.807, 2.05) is 44.1 Å². The van der Waals surface area contributed by atoms with Crippen molar-refractivity contribution < 1.29 is 9.53 Å². The van der Waals surface area contributed by atoms with E-state index in [0.717, 1.165) is 18.5 Å². The maximum absolute atomic E-state index is 12.6. The minimum absolute atomic E-state index is 0.0693. The van der Waals surface area contributed by atoms with Crippen LogP contribution >= 0.6 is 11.6 Å². The number of carbonyl (C=O) groups is 1. The van der Waals surface area contributed by atoms with Gasteiger partial charge in [0.1, 0.15) is 30.2 Å². The number of nitrogens with one attached hydrogen (secondary N) is 2. The van der Waals surface area contributed by atoms with Gasteiger partial charge in [0.05, 0.1) is 27.5 Å². The Morgan fingerprint density at radius 1 is 1.12 bits per heavy atom. The van der Waals surface area contributed by atoms with Gasteiger partial charge >= 0.3 is 0 Å². The molecule has 2 N–H and O–H groups in total. The molecule has 2 heterocycles. The number of carbonyl (C=O) groups excluding carboxylic acids is 1. The number of amides is 1. The molecular weight excluding hydrogens is 526 g/mol. The van der Waals surface area contributed by atoms with E-state index < -0.39 is 0 Å². The van der Waals surface area contributed by atoms with E-state index in [-0.39, 0.29) is 12.5 Å². The molecule has 9 nitrogen and oxygen atoms in total. The molecule has 0 atom stereocenters. The van der Waals surface area contributed by atoms with Crippen LogP contribution in [-0.2, 0) is 11.4 Å². The molecule has 0 radical (unpaired) electrons. The Kier molecular flexibility index (Phi) is 9.13. The van der Waals surface area contributed by atoms with Crippen LogP contribution in [0.2, 0.25) is 5.02 Å². The molecule has 0 unspecified atom stereocenters. The van der Waals surface area contributed by atoms with Gasteiger partial charge in [0.15, 0.2) is 0 Å². The van der Waals surface area contributed by atoms with E-state index in [1.54, 1.807) is 36.4 Å². The van der Waals surface area contributed by atoms with Gasteiger partial charge in [0, 0.05) is 29.4 Å². The molecule has 1 amide bonds. The van der Waals surface area contributed by atoms with Crippen LogP contribution in [-0.4, -0.2) is 41.4 Å². The molecule has 0 saturated heterocycles. The second kappa shape index (κ2) is 12.9. The molecule has 2 aromatic carbocycles. The molecule has 0 aliphatic carbocycles. The number of rotatable bonds is 10. The Morgan fingerprint density at radius 2 is 1.95 bits per heavy atom. The number of aromatic nitrogens is 2. The van der Waals surface area contributed by atoms with Crippen LogP contribution in [0.15, 0.2) is 54.7 Å². The molecule has 40 heavy (non-hydrogen) atoms. The van der Waals surface area contributed by atoms with E-state index in [0.29, 0.717) is 62.1 Å². The third kappa shape index (κ3) is 7.03. The Morgan fingerprint density at radius 3 is 2.67 bits per heavy atom. The number of benzene rings is 2. The quantitative estimate of drug-likeness (QED) is 0.247. The summed E-state index contributed by atoms with van der Waals surface area (Å²) in [5.74, 6) is 0.381. The first-order valence-electron chi connectivity index (χ1n) is 12.6. The predicted octanol–water partition coefficient (Wildman–Crippen LogP) is 5.94. The monoisotopic (exact) mass is 553 g/mol. The molecule has 0 aliphatic rings. The van der Waals surface area contributed by atoms with Gasteiger partial charge in [-0.2, -0.15) is 10.5 Å². The van der Waals surface area contributed by atoms with Gasteiger partial charge in [-0.05, 0) is 82.0 Å². The maximum Gasteiger partial charge on any atom is 0.224 e. The molecule has 0 bridgehead atoms. The number of hydrogen-bond acceptors (Lipinski definition) is 8. The summed E-state index contributed by atoms with van der Waals surface area (Å²) in [6.07, 6.45) is 2.68. The summed E-state index contributed by atoms with van der Waals surface area (Å²) in [5, 5.41) is 26.2. The first-order valence-corrected chi connectivity index (χ1v) is 13.0. The molecule has 0 fully saturated rings. The fraction of sp³-hybridized carbons (Fsp3) is 0.233. The number of nitrogens with zero attached hydrogens (tertiary/aromatic N) is 5. The Hall–Kier alpha value is -4.70. The van der Waals surface area contributed by atoms with Gasteiger partial charge in [0.25, 0.3) is 0 Å². The van der Waals surface area contributed by atoms with E-state index in [4.69, 9.17) is 21.6 Å². The van der Waals surface area contributed by atoms with Gasteiger partial charge in [-0.1, -0.05) is 17.7 Å². The van der Waals surface area contributed by atoms with E-state index >= 15 is 0 Å². The fourth-order valence-corrected chi connectivity index (χ4v) is 4.32. The minimum atomic E-state index is -0.0693. The predicted molar refractivity (Wildman–Crippen MR) is 156 cm³/mol. The number of halogens is 1. The first kappa shape index (κ1) is 28.3. The van der Waals surface area contributed by atoms with Gasteiger partial charge < -0.3 is 20.3 Å². The number of hydrogen-bond donors (Lipinski definition) is 2. The molecular formula is C30H28ClN7O2. The Bertz CT molecular complexity index is 1640. The van der Waals surface area contributed by atoms with Crippen LogP contribution in [0.3, 0.4) is 0 Å². The van der Waals surface area contributed by atoms with Crippen LogP contribution in [0.5, 0.6) is 5.75 Å². The van der Waals surface area contributed by atoms with E-state index in [2.05, 4.69) is 26.7 Å². The SMILES string of the molecule is Cc1cc2ncc(C#N)c(Nc3ccc(OCc4cccc(C#N)n4)c(Cl)c3)c2cc1NC(=O)CCCN(C)C. The summed E-state index contributed by atoms with van der Waals surface area (Å²) >= 11 is 6.51. The van der Waals surface area contributed by atoms with Crippen molar-refractivity contribution in [1.29, 1.82) is 10.5 Å². The largest absolute Gasteiger partial charge is 0.486 e. The van der Waals surface area contributed by atoms with Crippen molar-refractivity contribution in [2.24, 2.45) is 0 Å². The van der Waals surface area contributed by atoms with Gasteiger partial charge in [-0.3, -0.25) is 9.78 Å². The van der Waals surface area contributed by atoms with Crippen molar-refractivity contribution in [1.82, 2.24) is 14.9 Å². The lowest BCUT2D eigenvalue weighted by molar-refractivity contribution is -0.116. The average molecular weight is 554 g/mol. The summed E-state index contributed by atoms with van der Waals surface area (Å²) < 4.78 is 5.81. The van der Waals surface area contributed by atoms with Crippen molar-refractivity contribution in [3.63, 3.8) is 0 Å². The summed E-state index contributed by atoms with van der Waals surface area (Å²) in [7, 11) is 3.95. The summed E-state index contributed by atoms with van der Waals surface area (Å²) in [5.41, 5.74) is 4.68. The number of pyridine rings is 2. The Balaban J connectivity index is 1.57. The topological polar surface area (TPSA) is 127 Å². The minimum Gasteiger partial charge on any atom is -0.486 e. The van der Waals surface area contributed by atoms with Crippen LogP contribution in [0.25, 0.3) is 10.9 Å². The fourth-order valence-electron chi connectivity index (χ4n) is 4.08. The molecule has 10 heteroatoms. The standard InChI is InChI=1S/C30H28ClN7O2/c1-19-12-27-24(14-26(19)37-29(39)8-5-11-38(2)3)30(20(15-32)17-34-27)36-21-9-10-28(25(31)13-21)40-18-23-7-4-6-22(16-33)35-23/h4,6-7,9-10,12-14,17H,5,8,11,18H2,1-3H3,(H,34,36)(H,37,39). The van der Waals surface area contributed by atoms with Crippen molar-refractivity contribution in [3.05, 3.63) is 82.3 Å². The third-order valence-corrected chi connectivity index (χ3v) is 6.41. The van der Waals surface area contributed by atoms with Gasteiger partial charge in [-0.15, -0.1) is 0 Å². The zero-order chi connectivity index (χ0) is 28.6. The number of fused-ring (bicyclic) bond motifs is 1. The Labute approximate surface area is 238 Å². The second-order valence-corrected chi connectivity index (χ2v) is 9.89. The lowest BCUT2D eigenvalue weighted by atomic mass is 10.0. The highest BCUT2D eigenvalue weighted by Gasteiger charge is 2.14. The molecule has 4 aromatic rings. The highest BCUT2D eigenvalue weighted by molar-refractivity contribution is 6.32. The zero-order valence-electron chi connectivity index (χ0n) is 22.5. The van der Waals surface area contributed by atoms with Crippen molar-refractivity contribution in [3.8, 4) is 17.9 Å². The highest BCUT2D eigenvalue weighted by atomic mass is 35.5. The number of nitriles is 2. The smallest absolute Gasteiger partial charge is 0.224 e. The summed E-state index contributed by atoms with van der Waals surface area (Å²) in [6, 6.07) is 18.3. The van der Waals surface area contributed by atoms with Crippen LogP contribution < -0.4 is 15.4 Å². The van der Waals surface area contributed by atoms with E-state index in [1.165, 1.54) is 6.20 Å². The van der Waals surface area contributed by atoms with Crippen molar-refractivity contribution >= 4 is 45.5 Å². The summed E-state index contributed by atoms with van der Waals surface area (Å²) in [6.45, 7) is 2.89. The average Bonchev–Trinajstić information content (AvgIpc) is 2.93. The molecule has 0 saturated carbocycles. The number of anilines is 3. The molecule has 0 spiro atoms. The molecule has 0 aliphatic heterocycles. The lowest BCUT2D eigenvalue weighted by Crippen LogP contribution is -2.17. The second-order valence-electron chi connectivity index (χ2n) is 9.48. The normalized spacial score (nSPS) is 10.7. The van der Waals surface area contributed by atoms with Crippen molar-refractivity contribution in [2.75, 3.05) is 31.3 Å². The molecule has 202 valence electrons. The van der Waals surface area contributed by atoms with Crippen LogP contribution in [0, 0.1) is 29.6 Å². The highest BCUT2D eigenvalue weighted by Crippen LogP contribution is 2.35. The molecule has 4 rings (SSSR count). The zero-order valence-corrected chi connectivity index (χ0v) is 23.2.